The molecule has 0 spiro atoms. The van der Waals surface area contributed by atoms with Crippen LogP contribution >= 0.6 is 0 Å². The highest BCUT2D eigenvalue weighted by Gasteiger charge is 2.26. The predicted octanol–water partition coefficient (Wildman–Crippen LogP) is 3.34. The molecule has 2 aromatic carbocycles. The number of rotatable bonds is 3. The summed E-state index contributed by atoms with van der Waals surface area (Å²) < 4.78 is 1.77. The number of likely N-dealkylation sites (N-methyl/N-ethyl adjacent to an activating group) is 1. The van der Waals surface area contributed by atoms with Crippen LogP contribution in [0, 0.1) is 13.8 Å². The van der Waals surface area contributed by atoms with Crippen LogP contribution in [0.25, 0.3) is 27.5 Å². The summed E-state index contributed by atoms with van der Waals surface area (Å²) in [5.41, 5.74) is 4.69. The Morgan fingerprint density at radius 2 is 1.71 bits per heavy atom. The molecule has 7 heteroatoms. The number of aromatic nitrogens is 4. The fourth-order valence-corrected chi connectivity index (χ4v) is 4.48. The number of piperazine rings is 1. The van der Waals surface area contributed by atoms with Crippen molar-refractivity contribution in [1.29, 1.82) is 0 Å². The van der Waals surface area contributed by atoms with Crippen LogP contribution in [0.1, 0.15) is 28.8 Å². The van der Waals surface area contributed by atoms with Gasteiger partial charge in [-0.25, -0.2) is 4.52 Å². The third kappa shape index (κ3) is 3.25. The molecule has 1 amide bonds. The highest BCUT2D eigenvalue weighted by atomic mass is 16.2. The molecule has 0 aliphatic carbocycles. The molecule has 0 N–H and O–H groups in total. The van der Waals surface area contributed by atoms with Gasteiger partial charge in [-0.1, -0.05) is 49.4 Å². The Kier molecular flexibility index (Phi) is 4.90. The van der Waals surface area contributed by atoms with E-state index in [1.165, 1.54) is 5.39 Å². The second-order valence-corrected chi connectivity index (χ2v) is 8.08. The highest BCUT2D eigenvalue weighted by Crippen LogP contribution is 2.33. The molecule has 158 valence electrons. The summed E-state index contributed by atoms with van der Waals surface area (Å²) in [6, 6.07) is 14.5. The summed E-state index contributed by atoms with van der Waals surface area (Å²) in [6.45, 7) is 10.3. The zero-order chi connectivity index (χ0) is 21.5. The summed E-state index contributed by atoms with van der Waals surface area (Å²) in [4.78, 5) is 17.4. The fraction of sp³-hybridized carbons (Fsp3) is 0.333. The van der Waals surface area contributed by atoms with Crippen molar-refractivity contribution in [2.75, 3.05) is 32.7 Å². The number of carbonyl (C=O) groups excluding carboxylic acids is 1. The maximum Gasteiger partial charge on any atom is 0.276 e. The summed E-state index contributed by atoms with van der Waals surface area (Å²) in [5, 5.41) is 15.9. The normalized spacial score (nSPS) is 15.1. The van der Waals surface area contributed by atoms with Crippen LogP contribution in [0.4, 0.5) is 0 Å². The molecule has 0 atom stereocenters. The number of fused-ring (bicyclic) bond motifs is 2. The summed E-state index contributed by atoms with van der Waals surface area (Å²) in [6.07, 6.45) is 0. The Morgan fingerprint density at radius 1 is 0.968 bits per heavy atom. The molecule has 1 aliphatic rings. The smallest absolute Gasteiger partial charge is 0.276 e. The predicted molar refractivity (Wildman–Crippen MR) is 121 cm³/mol. The average molecular weight is 415 g/mol. The molecular formula is C24H26N6O. The molecule has 0 unspecified atom stereocenters. The van der Waals surface area contributed by atoms with Gasteiger partial charge in [-0.3, -0.25) is 4.79 Å². The van der Waals surface area contributed by atoms with E-state index in [-0.39, 0.29) is 5.91 Å². The van der Waals surface area contributed by atoms with E-state index in [0.29, 0.717) is 24.4 Å². The Hall–Kier alpha value is -3.32. The SMILES string of the molecule is CCN1CCN(C(=O)c2nnc3c(-c4cccc5ccccc45)c(C)nn3c2C)CC1. The molecule has 5 rings (SSSR count). The lowest BCUT2D eigenvalue weighted by molar-refractivity contribution is 0.0634. The van der Waals surface area contributed by atoms with Crippen molar-refractivity contribution in [3.05, 3.63) is 59.5 Å². The largest absolute Gasteiger partial charge is 0.335 e. The van der Waals surface area contributed by atoms with Gasteiger partial charge in [0.1, 0.15) is 0 Å². The Balaban J connectivity index is 1.58. The Bertz CT molecular complexity index is 1280. The molecule has 7 nitrogen and oxygen atoms in total. The third-order valence-corrected chi connectivity index (χ3v) is 6.31. The van der Waals surface area contributed by atoms with Crippen LogP contribution in [0.3, 0.4) is 0 Å². The number of benzene rings is 2. The van der Waals surface area contributed by atoms with Crippen molar-refractivity contribution in [1.82, 2.24) is 29.6 Å². The van der Waals surface area contributed by atoms with Gasteiger partial charge in [-0.15, -0.1) is 10.2 Å². The van der Waals surface area contributed by atoms with Crippen molar-refractivity contribution in [2.45, 2.75) is 20.8 Å². The molecular weight excluding hydrogens is 388 g/mol. The van der Waals surface area contributed by atoms with Crippen molar-refractivity contribution in [2.24, 2.45) is 0 Å². The number of aryl methyl sites for hydroxylation is 2. The van der Waals surface area contributed by atoms with E-state index in [1.807, 2.05) is 30.9 Å². The molecule has 1 fully saturated rings. The lowest BCUT2D eigenvalue weighted by atomic mass is 9.98. The molecule has 4 aromatic rings. The van der Waals surface area contributed by atoms with Crippen LogP contribution in [0.2, 0.25) is 0 Å². The maximum absolute atomic E-state index is 13.2. The molecule has 2 aromatic heterocycles. The van der Waals surface area contributed by atoms with Crippen LogP contribution in [-0.2, 0) is 0 Å². The lowest BCUT2D eigenvalue weighted by Crippen LogP contribution is -2.48. The van der Waals surface area contributed by atoms with Crippen molar-refractivity contribution in [3.8, 4) is 11.1 Å². The monoisotopic (exact) mass is 414 g/mol. The van der Waals surface area contributed by atoms with Gasteiger partial charge in [0, 0.05) is 26.2 Å². The molecule has 0 bridgehead atoms. The molecule has 0 radical (unpaired) electrons. The fourth-order valence-electron chi connectivity index (χ4n) is 4.48. The van der Waals surface area contributed by atoms with E-state index in [4.69, 9.17) is 5.10 Å². The second kappa shape index (κ2) is 7.74. The van der Waals surface area contributed by atoms with E-state index in [9.17, 15) is 4.79 Å². The van der Waals surface area contributed by atoms with Gasteiger partial charge in [0.15, 0.2) is 11.3 Å². The van der Waals surface area contributed by atoms with Gasteiger partial charge in [-0.2, -0.15) is 5.10 Å². The van der Waals surface area contributed by atoms with Gasteiger partial charge in [-0.05, 0) is 36.7 Å². The van der Waals surface area contributed by atoms with E-state index < -0.39 is 0 Å². The quantitative estimate of drug-likeness (QED) is 0.514. The molecule has 0 saturated carbocycles. The minimum atomic E-state index is -0.0671. The van der Waals surface area contributed by atoms with Gasteiger partial charge >= 0.3 is 0 Å². The van der Waals surface area contributed by atoms with Gasteiger partial charge in [0.2, 0.25) is 0 Å². The van der Waals surface area contributed by atoms with E-state index >= 15 is 0 Å². The van der Waals surface area contributed by atoms with Crippen LogP contribution in [0.15, 0.2) is 42.5 Å². The number of hydrogen-bond donors (Lipinski definition) is 0. The first-order chi connectivity index (χ1) is 15.1. The first-order valence-electron chi connectivity index (χ1n) is 10.8. The Labute approximate surface area is 181 Å². The van der Waals surface area contributed by atoms with Gasteiger partial charge < -0.3 is 9.80 Å². The van der Waals surface area contributed by atoms with Gasteiger partial charge in [0.05, 0.1) is 17.0 Å². The van der Waals surface area contributed by atoms with Crippen LogP contribution < -0.4 is 0 Å². The van der Waals surface area contributed by atoms with Crippen molar-refractivity contribution >= 4 is 22.3 Å². The van der Waals surface area contributed by atoms with Crippen molar-refractivity contribution < 1.29 is 4.79 Å². The first kappa shape index (κ1) is 19.6. The van der Waals surface area contributed by atoms with Crippen LogP contribution in [-0.4, -0.2) is 68.2 Å². The second-order valence-electron chi connectivity index (χ2n) is 8.08. The minimum Gasteiger partial charge on any atom is -0.335 e. The van der Waals surface area contributed by atoms with E-state index in [0.717, 1.165) is 47.5 Å². The highest BCUT2D eigenvalue weighted by molar-refractivity contribution is 6.00. The maximum atomic E-state index is 13.2. The first-order valence-corrected chi connectivity index (χ1v) is 10.8. The van der Waals surface area contributed by atoms with Crippen LogP contribution in [0.5, 0.6) is 0 Å². The van der Waals surface area contributed by atoms with E-state index in [1.54, 1.807) is 4.52 Å². The molecule has 3 heterocycles. The number of hydrogen-bond acceptors (Lipinski definition) is 5. The molecule has 1 saturated heterocycles. The third-order valence-electron chi connectivity index (χ3n) is 6.31. The average Bonchev–Trinajstić information content (AvgIpc) is 3.15. The topological polar surface area (TPSA) is 66.6 Å². The van der Waals surface area contributed by atoms with Crippen molar-refractivity contribution in [3.63, 3.8) is 0 Å². The zero-order valence-electron chi connectivity index (χ0n) is 18.2. The van der Waals surface area contributed by atoms with Gasteiger partial charge in [0.25, 0.3) is 5.91 Å². The van der Waals surface area contributed by atoms with E-state index in [2.05, 4.69) is 52.4 Å². The zero-order valence-corrected chi connectivity index (χ0v) is 18.2. The lowest BCUT2D eigenvalue weighted by Gasteiger charge is -2.33. The number of nitrogens with zero attached hydrogens (tertiary/aromatic N) is 6. The Morgan fingerprint density at radius 3 is 2.48 bits per heavy atom. The summed E-state index contributed by atoms with van der Waals surface area (Å²) in [5.74, 6) is -0.0671. The molecule has 31 heavy (non-hydrogen) atoms. The standard InChI is InChI=1S/C24H26N6O/c1-4-28-12-14-29(15-13-28)24(31)22-17(3)30-23(26-25-22)21(16(2)27-30)20-11-7-9-18-8-5-6-10-19(18)20/h5-11H,4,12-15H2,1-3H3. The summed E-state index contributed by atoms with van der Waals surface area (Å²) >= 11 is 0. The minimum absolute atomic E-state index is 0.0671. The molecule has 1 aliphatic heterocycles. The number of carbonyl (C=O) groups is 1. The summed E-state index contributed by atoms with van der Waals surface area (Å²) in [7, 11) is 0. The number of amides is 1.